The summed E-state index contributed by atoms with van der Waals surface area (Å²) >= 11 is 0. The Kier molecular flexibility index (Phi) is 3.41. The molecule has 0 aromatic heterocycles. The summed E-state index contributed by atoms with van der Waals surface area (Å²) < 4.78 is 24.3. The van der Waals surface area contributed by atoms with E-state index in [4.69, 9.17) is 15.2 Å². The van der Waals surface area contributed by atoms with Gasteiger partial charge in [-0.15, -0.1) is 0 Å². The maximum Gasteiger partial charge on any atom is 0.128 e. The number of benzene rings is 1. The molecule has 2 atom stereocenters. The largest absolute Gasteiger partial charge is 0.488 e. The molecule has 0 spiro atoms. The second-order valence-corrected chi connectivity index (χ2v) is 4.08. The van der Waals surface area contributed by atoms with Gasteiger partial charge in [-0.1, -0.05) is 0 Å². The third-order valence-electron chi connectivity index (χ3n) is 2.65. The first-order chi connectivity index (χ1) is 7.66. The van der Waals surface area contributed by atoms with Crippen molar-refractivity contribution in [3.63, 3.8) is 0 Å². The van der Waals surface area contributed by atoms with E-state index in [0.717, 1.165) is 13.0 Å². The second kappa shape index (κ2) is 4.80. The monoisotopic (exact) mass is 225 g/mol. The van der Waals surface area contributed by atoms with Gasteiger partial charge in [0.1, 0.15) is 17.7 Å². The van der Waals surface area contributed by atoms with Crippen LogP contribution in [0.5, 0.6) is 5.75 Å². The van der Waals surface area contributed by atoms with Gasteiger partial charge in [-0.25, -0.2) is 4.39 Å². The van der Waals surface area contributed by atoms with Crippen molar-refractivity contribution in [2.45, 2.75) is 25.5 Å². The normalized spacial score (nSPS) is 22.1. The molecule has 2 rings (SSSR count). The Balaban J connectivity index is 2.12. The summed E-state index contributed by atoms with van der Waals surface area (Å²) in [5, 5.41) is 0. The van der Waals surface area contributed by atoms with Crippen LogP contribution in [0.4, 0.5) is 4.39 Å². The lowest BCUT2D eigenvalue weighted by Gasteiger charge is -2.14. The second-order valence-electron chi connectivity index (χ2n) is 4.08. The van der Waals surface area contributed by atoms with Crippen LogP contribution in [0.2, 0.25) is 0 Å². The Morgan fingerprint density at radius 1 is 1.56 bits per heavy atom. The van der Waals surface area contributed by atoms with Crippen molar-refractivity contribution in [1.29, 1.82) is 0 Å². The van der Waals surface area contributed by atoms with E-state index in [2.05, 4.69) is 0 Å². The standard InChI is InChI=1S/C12H16FNO2/c1-8(14)11-6-9(2-3-12(11)13)16-10-4-5-15-7-10/h2-3,6,8,10H,4-5,7,14H2,1H3/t8?,10-/m1/s1. The minimum Gasteiger partial charge on any atom is -0.488 e. The molecular formula is C12H16FNO2. The average molecular weight is 225 g/mol. The van der Waals surface area contributed by atoms with E-state index in [1.807, 2.05) is 0 Å². The molecule has 1 aromatic rings. The van der Waals surface area contributed by atoms with E-state index in [9.17, 15) is 4.39 Å². The summed E-state index contributed by atoms with van der Waals surface area (Å²) in [6.45, 7) is 3.08. The van der Waals surface area contributed by atoms with Crippen LogP contribution in [-0.4, -0.2) is 19.3 Å². The highest BCUT2D eigenvalue weighted by atomic mass is 19.1. The van der Waals surface area contributed by atoms with Gasteiger partial charge >= 0.3 is 0 Å². The molecule has 1 aliphatic heterocycles. The number of rotatable bonds is 3. The smallest absolute Gasteiger partial charge is 0.128 e. The molecule has 1 saturated heterocycles. The van der Waals surface area contributed by atoms with Crippen LogP contribution in [0.3, 0.4) is 0 Å². The van der Waals surface area contributed by atoms with Gasteiger partial charge in [0, 0.05) is 18.0 Å². The van der Waals surface area contributed by atoms with Crippen LogP contribution >= 0.6 is 0 Å². The predicted octanol–water partition coefficient (Wildman–Crippen LogP) is 2.01. The highest BCUT2D eigenvalue weighted by molar-refractivity contribution is 5.31. The molecule has 88 valence electrons. The minimum atomic E-state index is -0.330. The summed E-state index contributed by atoms with van der Waals surface area (Å²) in [7, 11) is 0. The topological polar surface area (TPSA) is 44.5 Å². The van der Waals surface area contributed by atoms with Crippen LogP contribution in [0.25, 0.3) is 0 Å². The third kappa shape index (κ3) is 2.51. The highest BCUT2D eigenvalue weighted by Crippen LogP contribution is 2.23. The molecule has 1 fully saturated rings. The lowest BCUT2D eigenvalue weighted by atomic mass is 10.1. The number of ether oxygens (including phenoxy) is 2. The number of hydrogen-bond acceptors (Lipinski definition) is 3. The van der Waals surface area contributed by atoms with Gasteiger partial charge in [-0.05, 0) is 25.1 Å². The van der Waals surface area contributed by atoms with Crippen molar-refractivity contribution in [1.82, 2.24) is 0 Å². The summed E-state index contributed by atoms with van der Waals surface area (Å²) in [4.78, 5) is 0. The molecule has 1 aliphatic rings. The first-order valence-corrected chi connectivity index (χ1v) is 5.46. The van der Waals surface area contributed by atoms with Crippen LogP contribution in [0, 0.1) is 5.82 Å². The Morgan fingerprint density at radius 2 is 2.38 bits per heavy atom. The summed E-state index contributed by atoms with van der Waals surface area (Å²) in [5.41, 5.74) is 6.15. The summed E-state index contributed by atoms with van der Waals surface area (Å²) in [6, 6.07) is 4.35. The first-order valence-electron chi connectivity index (χ1n) is 5.46. The quantitative estimate of drug-likeness (QED) is 0.855. The van der Waals surface area contributed by atoms with E-state index < -0.39 is 0 Å². The molecule has 1 aromatic carbocycles. The maximum atomic E-state index is 13.4. The van der Waals surface area contributed by atoms with E-state index in [1.54, 1.807) is 19.1 Å². The third-order valence-corrected chi connectivity index (χ3v) is 2.65. The SMILES string of the molecule is CC(N)c1cc(O[C@@H]2CCOC2)ccc1F. The van der Waals surface area contributed by atoms with Crippen LogP contribution < -0.4 is 10.5 Å². The molecular weight excluding hydrogens is 209 g/mol. The Morgan fingerprint density at radius 3 is 3.00 bits per heavy atom. The van der Waals surface area contributed by atoms with E-state index in [1.165, 1.54) is 6.07 Å². The Bertz CT molecular complexity index is 362. The molecule has 0 saturated carbocycles. The zero-order chi connectivity index (χ0) is 11.5. The molecule has 0 bridgehead atoms. The average Bonchev–Trinajstić information content (AvgIpc) is 2.73. The lowest BCUT2D eigenvalue weighted by molar-refractivity contribution is 0.141. The van der Waals surface area contributed by atoms with E-state index >= 15 is 0 Å². The Hall–Kier alpha value is -1.13. The zero-order valence-corrected chi connectivity index (χ0v) is 9.28. The van der Waals surface area contributed by atoms with Crippen molar-refractivity contribution in [2.24, 2.45) is 5.73 Å². The molecule has 0 radical (unpaired) electrons. The van der Waals surface area contributed by atoms with Gasteiger partial charge in [0.05, 0.1) is 13.2 Å². The van der Waals surface area contributed by atoms with Gasteiger partial charge in [0.15, 0.2) is 0 Å². The van der Waals surface area contributed by atoms with E-state index in [0.29, 0.717) is 17.9 Å². The molecule has 1 unspecified atom stereocenters. The van der Waals surface area contributed by atoms with Gasteiger partial charge < -0.3 is 15.2 Å². The fraction of sp³-hybridized carbons (Fsp3) is 0.500. The summed E-state index contributed by atoms with van der Waals surface area (Å²) in [5.74, 6) is 0.370. The first kappa shape index (κ1) is 11.4. The van der Waals surface area contributed by atoms with Crippen molar-refractivity contribution in [3.8, 4) is 5.75 Å². The van der Waals surface area contributed by atoms with Gasteiger partial charge in [0.2, 0.25) is 0 Å². The van der Waals surface area contributed by atoms with Gasteiger partial charge in [-0.3, -0.25) is 0 Å². The summed E-state index contributed by atoms with van der Waals surface area (Å²) in [6.07, 6.45) is 0.955. The molecule has 0 aliphatic carbocycles. The van der Waals surface area contributed by atoms with Crippen molar-refractivity contribution in [3.05, 3.63) is 29.6 Å². The molecule has 4 heteroatoms. The Labute approximate surface area is 94.3 Å². The van der Waals surface area contributed by atoms with Crippen LogP contribution in [0.1, 0.15) is 24.9 Å². The fourth-order valence-electron chi connectivity index (χ4n) is 1.74. The highest BCUT2D eigenvalue weighted by Gasteiger charge is 2.18. The van der Waals surface area contributed by atoms with Gasteiger partial charge in [0.25, 0.3) is 0 Å². The van der Waals surface area contributed by atoms with Crippen molar-refractivity contribution >= 4 is 0 Å². The molecule has 2 N–H and O–H groups in total. The zero-order valence-electron chi connectivity index (χ0n) is 9.28. The molecule has 0 amide bonds. The van der Waals surface area contributed by atoms with Crippen molar-refractivity contribution < 1.29 is 13.9 Å². The van der Waals surface area contributed by atoms with Crippen LogP contribution in [-0.2, 0) is 4.74 Å². The van der Waals surface area contributed by atoms with Crippen molar-refractivity contribution in [2.75, 3.05) is 13.2 Å². The molecule has 3 nitrogen and oxygen atoms in total. The number of halogens is 1. The van der Waals surface area contributed by atoms with E-state index in [-0.39, 0.29) is 18.0 Å². The lowest BCUT2D eigenvalue weighted by Crippen LogP contribution is -2.16. The molecule has 16 heavy (non-hydrogen) atoms. The fourth-order valence-corrected chi connectivity index (χ4v) is 1.74. The van der Waals surface area contributed by atoms with Crippen LogP contribution in [0.15, 0.2) is 18.2 Å². The minimum absolute atomic E-state index is 0.0754. The van der Waals surface area contributed by atoms with Gasteiger partial charge in [-0.2, -0.15) is 0 Å². The maximum absolute atomic E-state index is 13.4. The predicted molar refractivity (Wildman–Crippen MR) is 58.9 cm³/mol. The molecule has 1 heterocycles. The number of nitrogens with two attached hydrogens (primary N) is 1. The number of hydrogen-bond donors (Lipinski definition) is 1.